The minimum Gasteiger partial charge on any atom is -0.411 e. The van der Waals surface area contributed by atoms with E-state index in [1.807, 2.05) is 23.1 Å². The number of halogens is 2. The van der Waals surface area contributed by atoms with Gasteiger partial charge < -0.3 is 20.9 Å². The van der Waals surface area contributed by atoms with Crippen molar-refractivity contribution in [2.24, 2.45) is 10.9 Å². The zero-order valence-corrected chi connectivity index (χ0v) is 19.3. The molecule has 8 heteroatoms. The molecule has 1 fully saturated rings. The van der Waals surface area contributed by atoms with Crippen LogP contribution in [0.4, 0.5) is 14.5 Å². The summed E-state index contributed by atoms with van der Waals surface area (Å²) in [4.78, 5) is 6.67. The molecule has 0 bridgehead atoms. The number of aliphatic hydroxyl groups is 1. The van der Waals surface area contributed by atoms with Crippen LogP contribution in [0.25, 0.3) is 27.6 Å². The average molecular weight is 487 g/mol. The van der Waals surface area contributed by atoms with E-state index in [0.717, 1.165) is 17.3 Å². The van der Waals surface area contributed by atoms with E-state index in [0.29, 0.717) is 53.7 Å². The number of anilines is 1. The molecule has 1 aliphatic carbocycles. The van der Waals surface area contributed by atoms with Crippen LogP contribution in [0.3, 0.4) is 0 Å². The number of nitrogens with two attached hydrogens (primary N) is 1. The Labute approximate surface area is 207 Å². The van der Waals surface area contributed by atoms with Crippen LogP contribution >= 0.6 is 0 Å². The molecule has 2 atom stereocenters. The number of piperidine rings is 1. The van der Waals surface area contributed by atoms with Gasteiger partial charge in [0.25, 0.3) is 0 Å². The smallest absolute Gasteiger partial charge is 0.132 e. The molecule has 1 aromatic heterocycles. The molecule has 0 unspecified atom stereocenters. The average Bonchev–Trinajstić information content (AvgIpc) is 3.10. The number of benzene rings is 2. The molecule has 5 rings (SSSR count). The first-order valence-electron chi connectivity index (χ1n) is 11.6. The van der Waals surface area contributed by atoms with E-state index < -0.39 is 17.7 Å². The van der Waals surface area contributed by atoms with E-state index in [1.54, 1.807) is 18.3 Å². The molecular weight excluding hydrogens is 462 g/mol. The number of rotatable bonds is 4. The normalized spacial score (nSPS) is 20.1. The summed E-state index contributed by atoms with van der Waals surface area (Å²) in [5, 5.41) is 23.4. The van der Waals surface area contributed by atoms with Crippen LogP contribution in [-0.2, 0) is 0 Å². The third-order valence-corrected chi connectivity index (χ3v) is 6.59. The second kappa shape index (κ2) is 9.90. The molecule has 1 aliphatic heterocycles. The molecule has 2 aliphatic rings. The third kappa shape index (κ3) is 4.47. The van der Waals surface area contributed by atoms with Crippen LogP contribution in [0.1, 0.15) is 24.0 Å². The first-order chi connectivity index (χ1) is 17.5. The van der Waals surface area contributed by atoms with Crippen molar-refractivity contribution in [2.75, 3.05) is 18.0 Å². The van der Waals surface area contributed by atoms with Crippen molar-refractivity contribution < 1.29 is 19.1 Å². The quantitative estimate of drug-likeness (QED) is 0.220. The topological polar surface area (TPSA) is 95.0 Å². The van der Waals surface area contributed by atoms with Crippen molar-refractivity contribution in [1.82, 2.24) is 4.98 Å². The summed E-state index contributed by atoms with van der Waals surface area (Å²) >= 11 is 0. The van der Waals surface area contributed by atoms with Gasteiger partial charge in [0.05, 0.1) is 23.5 Å². The zero-order valence-electron chi connectivity index (χ0n) is 19.3. The zero-order chi connectivity index (χ0) is 25.2. The third-order valence-electron chi connectivity index (χ3n) is 6.59. The monoisotopic (exact) mass is 486 g/mol. The number of oxime groups is 1. The molecule has 0 radical (unpaired) electrons. The largest absolute Gasteiger partial charge is 0.411 e. The van der Waals surface area contributed by atoms with Crippen LogP contribution < -0.4 is 10.6 Å². The lowest BCUT2D eigenvalue weighted by atomic mass is 9.93. The van der Waals surface area contributed by atoms with E-state index in [2.05, 4.69) is 22.0 Å². The number of allylic oxidation sites excluding steroid dienone is 4. The Bertz CT molecular complexity index is 1490. The van der Waals surface area contributed by atoms with E-state index in [1.165, 1.54) is 18.2 Å². The van der Waals surface area contributed by atoms with Crippen molar-refractivity contribution in [2.45, 2.75) is 25.0 Å². The lowest BCUT2D eigenvalue weighted by Crippen LogP contribution is -2.50. The predicted octanol–water partition coefficient (Wildman–Crippen LogP) is 4.39. The van der Waals surface area contributed by atoms with Gasteiger partial charge in [0, 0.05) is 54.3 Å². The highest BCUT2D eigenvalue weighted by molar-refractivity contribution is 6.01. The van der Waals surface area contributed by atoms with Gasteiger partial charge in [-0.15, -0.1) is 0 Å². The Kier molecular flexibility index (Phi) is 6.51. The predicted molar refractivity (Wildman–Crippen MR) is 137 cm³/mol. The lowest BCUT2D eigenvalue weighted by molar-refractivity contribution is 0.132. The number of pyridine rings is 1. The molecule has 0 amide bonds. The maximum Gasteiger partial charge on any atom is 0.132 e. The van der Waals surface area contributed by atoms with Crippen molar-refractivity contribution >= 4 is 28.4 Å². The van der Waals surface area contributed by atoms with E-state index >= 15 is 0 Å². The molecule has 6 nitrogen and oxygen atoms in total. The lowest BCUT2D eigenvalue weighted by Gasteiger charge is -2.37. The molecule has 0 saturated carbocycles. The maximum atomic E-state index is 14.5. The molecule has 182 valence electrons. The Hall–Kier alpha value is -4.06. The minimum absolute atomic E-state index is 0.151. The number of nitrogens with zero attached hydrogens (tertiary/aromatic N) is 3. The maximum absolute atomic E-state index is 14.5. The molecule has 2 heterocycles. The summed E-state index contributed by atoms with van der Waals surface area (Å²) in [7, 11) is 0. The first-order valence-corrected chi connectivity index (χ1v) is 11.6. The fraction of sp³-hybridized carbons (Fsp3) is 0.214. The Morgan fingerprint density at radius 2 is 2.06 bits per heavy atom. The standard InChI is InChI=1S/C28H24F2N4O2/c29-19-5-2-1-4-17(12-19)22-14-32-26-9-8-18(20-6-3-7-24(30)23(20)15-33-36)13-21(26)28(22)34-11-10-25(31)27(35)16-34/h3,5-9,12-15,25,27,35-36H,4,10-11,16,31H2/b33-15+/t25-,27+/m1/s1. The van der Waals surface area contributed by atoms with Crippen LogP contribution in [0.15, 0.2) is 65.7 Å². The van der Waals surface area contributed by atoms with E-state index in [4.69, 9.17) is 10.9 Å². The number of hydrogen-bond acceptors (Lipinski definition) is 6. The van der Waals surface area contributed by atoms with Crippen molar-refractivity contribution in [3.63, 3.8) is 0 Å². The minimum atomic E-state index is -0.729. The van der Waals surface area contributed by atoms with Crippen LogP contribution in [0.2, 0.25) is 0 Å². The van der Waals surface area contributed by atoms with Gasteiger partial charge in [-0.3, -0.25) is 4.98 Å². The van der Waals surface area contributed by atoms with Gasteiger partial charge in [-0.1, -0.05) is 35.2 Å². The Balaban J connectivity index is 1.75. The number of aromatic nitrogens is 1. The highest BCUT2D eigenvalue weighted by atomic mass is 19.1. The first kappa shape index (κ1) is 23.7. The number of hydrogen-bond donors (Lipinski definition) is 3. The highest BCUT2D eigenvalue weighted by Crippen LogP contribution is 2.39. The van der Waals surface area contributed by atoms with Gasteiger partial charge in [-0.25, -0.2) is 8.78 Å². The summed E-state index contributed by atoms with van der Waals surface area (Å²) in [6.07, 6.45) is 5.63. The van der Waals surface area contributed by atoms with Gasteiger partial charge in [0.1, 0.15) is 11.6 Å². The Morgan fingerprint density at radius 1 is 1.19 bits per heavy atom. The summed E-state index contributed by atoms with van der Waals surface area (Å²) in [6.45, 7) is 0.894. The van der Waals surface area contributed by atoms with Crippen molar-refractivity contribution in [3.05, 3.63) is 77.5 Å². The number of aliphatic hydroxyl groups excluding tert-OH is 1. The summed E-state index contributed by atoms with van der Waals surface area (Å²) in [5.74, 6) is 4.70. The molecule has 3 aromatic rings. The molecule has 2 aromatic carbocycles. The van der Waals surface area contributed by atoms with Gasteiger partial charge in [0.2, 0.25) is 0 Å². The molecule has 4 N–H and O–H groups in total. The second-order valence-electron chi connectivity index (χ2n) is 8.86. The van der Waals surface area contributed by atoms with Crippen LogP contribution in [0.5, 0.6) is 0 Å². The van der Waals surface area contributed by atoms with E-state index in [9.17, 15) is 13.9 Å². The fourth-order valence-electron chi connectivity index (χ4n) is 4.75. The molecule has 36 heavy (non-hydrogen) atoms. The second-order valence-corrected chi connectivity index (χ2v) is 8.86. The molecule has 1 saturated heterocycles. The van der Waals surface area contributed by atoms with Crippen molar-refractivity contribution in [1.29, 1.82) is 0 Å². The number of fused-ring (bicyclic) bond motifs is 1. The van der Waals surface area contributed by atoms with Crippen LogP contribution in [-0.4, -0.2) is 46.7 Å². The SMILES string of the molecule is N[C@@H]1CCN(c2c(C3=CC(F)=CC#CC3)cnc3ccc(-c4cccc(F)c4/C=N/O)cc23)C[C@@H]1O. The van der Waals surface area contributed by atoms with Gasteiger partial charge >= 0.3 is 0 Å². The van der Waals surface area contributed by atoms with Crippen molar-refractivity contribution in [3.8, 4) is 23.0 Å². The molecular formula is C28H24F2N4O2. The summed E-state index contributed by atoms with van der Waals surface area (Å²) in [5.41, 5.74) is 10.3. The summed E-state index contributed by atoms with van der Waals surface area (Å²) in [6, 6.07) is 9.84. The van der Waals surface area contributed by atoms with Gasteiger partial charge in [-0.2, -0.15) is 0 Å². The Morgan fingerprint density at radius 3 is 2.86 bits per heavy atom. The van der Waals surface area contributed by atoms with Crippen LogP contribution in [0, 0.1) is 17.7 Å². The van der Waals surface area contributed by atoms with E-state index in [-0.39, 0.29) is 11.6 Å². The highest BCUT2D eigenvalue weighted by Gasteiger charge is 2.28. The fourth-order valence-corrected chi connectivity index (χ4v) is 4.75. The number of β-amino-alcohol motifs (C(OH)–C–C–N with tert-alkyl or cyclic N) is 1. The van der Waals surface area contributed by atoms with Gasteiger partial charge in [0.15, 0.2) is 0 Å². The van der Waals surface area contributed by atoms with Gasteiger partial charge in [-0.05, 0) is 47.4 Å². The summed E-state index contributed by atoms with van der Waals surface area (Å²) < 4.78 is 28.9. The molecule has 0 spiro atoms.